The summed E-state index contributed by atoms with van der Waals surface area (Å²) >= 11 is 0. The zero-order chi connectivity index (χ0) is 14.7. The highest BCUT2D eigenvalue weighted by Gasteiger charge is 2.57. The van der Waals surface area contributed by atoms with Crippen LogP contribution >= 0.6 is 0 Å². The monoisotopic (exact) mass is 290 g/mol. The molecule has 3 nitrogen and oxygen atoms in total. The molecular weight excluding hydrogens is 272 g/mol. The van der Waals surface area contributed by atoms with Crippen molar-refractivity contribution < 1.29 is 4.79 Å². The number of hydrogen-bond donors (Lipinski definition) is 1. The molecule has 22 heavy (non-hydrogen) atoms. The van der Waals surface area contributed by atoms with Crippen molar-refractivity contribution >= 4 is 17.3 Å². The van der Waals surface area contributed by atoms with Gasteiger partial charge in [0.1, 0.15) is 5.41 Å². The largest absolute Gasteiger partial charge is 0.367 e. The van der Waals surface area contributed by atoms with E-state index in [1.807, 2.05) is 12.1 Å². The van der Waals surface area contributed by atoms with Crippen LogP contribution < -0.4 is 10.2 Å². The van der Waals surface area contributed by atoms with E-state index >= 15 is 0 Å². The van der Waals surface area contributed by atoms with Crippen LogP contribution in [-0.2, 0) is 16.6 Å². The van der Waals surface area contributed by atoms with Gasteiger partial charge >= 0.3 is 0 Å². The number of carbonyl (C=O) groups excluding carboxylic acids is 1. The number of nitrogens with one attached hydrogen (secondary N) is 1. The molecule has 3 heteroatoms. The average molecular weight is 290 g/mol. The summed E-state index contributed by atoms with van der Waals surface area (Å²) in [7, 11) is 0. The SMILES string of the molecule is O=C1Nc2ccccc2[C@@]12Cc1ccccc1N1CCC[C@@H]12. The van der Waals surface area contributed by atoms with Crippen LogP contribution in [0.25, 0.3) is 0 Å². The predicted molar refractivity (Wildman–Crippen MR) is 87.3 cm³/mol. The number of amides is 1. The number of carbonyl (C=O) groups is 1. The Bertz CT molecular complexity index is 785. The molecule has 0 radical (unpaired) electrons. The Hall–Kier alpha value is -2.29. The lowest BCUT2D eigenvalue weighted by Crippen LogP contribution is -2.56. The van der Waals surface area contributed by atoms with Gasteiger partial charge in [0.15, 0.2) is 0 Å². The van der Waals surface area contributed by atoms with Gasteiger partial charge in [0, 0.05) is 24.0 Å². The van der Waals surface area contributed by atoms with Gasteiger partial charge in [-0.05, 0) is 42.5 Å². The molecule has 1 N–H and O–H groups in total. The molecule has 1 saturated heterocycles. The molecule has 2 aromatic rings. The molecule has 0 saturated carbocycles. The van der Waals surface area contributed by atoms with Crippen molar-refractivity contribution in [1.82, 2.24) is 0 Å². The van der Waals surface area contributed by atoms with Gasteiger partial charge in [0.2, 0.25) is 5.91 Å². The Labute approximate surface area is 129 Å². The summed E-state index contributed by atoms with van der Waals surface area (Å²) in [6, 6.07) is 17.1. The predicted octanol–water partition coefficient (Wildman–Crippen LogP) is 3.10. The maximum atomic E-state index is 13.0. The molecular formula is C19H18N2O. The lowest BCUT2D eigenvalue weighted by molar-refractivity contribution is -0.121. The van der Waals surface area contributed by atoms with Crippen LogP contribution in [-0.4, -0.2) is 18.5 Å². The highest BCUT2D eigenvalue weighted by atomic mass is 16.2. The molecule has 3 heterocycles. The third-order valence-corrected chi connectivity index (χ3v) is 5.65. The van der Waals surface area contributed by atoms with E-state index in [2.05, 4.69) is 46.6 Å². The first-order chi connectivity index (χ1) is 10.8. The second-order valence-corrected chi connectivity index (χ2v) is 6.63. The molecule has 0 bridgehead atoms. The third-order valence-electron chi connectivity index (χ3n) is 5.65. The minimum absolute atomic E-state index is 0.181. The van der Waals surface area contributed by atoms with Crippen LogP contribution in [0.3, 0.4) is 0 Å². The second kappa shape index (κ2) is 4.13. The molecule has 2 aromatic carbocycles. The summed E-state index contributed by atoms with van der Waals surface area (Å²) in [6.45, 7) is 1.05. The molecule has 5 rings (SSSR count). The summed E-state index contributed by atoms with van der Waals surface area (Å²) in [5.41, 5.74) is 4.40. The van der Waals surface area contributed by atoms with Crippen LogP contribution in [0.4, 0.5) is 11.4 Å². The maximum Gasteiger partial charge on any atom is 0.237 e. The lowest BCUT2D eigenvalue weighted by atomic mass is 9.67. The third kappa shape index (κ3) is 1.34. The van der Waals surface area contributed by atoms with Crippen LogP contribution in [0.5, 0.6) is 0 Å². The summed E-state index contributed by atoms with van der Waals surface area (Å²) in [6.07, 6.45) is 3.07. The molecule has 0 aromatic heterocycles. The smallest absolute Gasteiger partial charge is 0.237 e. The number of rotatable bonds is 0. The van der Waals surface area contributed by atoms with Crippen molar-refractivity contribution in [2.45, 2.75) is 30.7 Å². The van der Waals surface area contributed by atoms with E-state index in [9.17, 15) is 4.79 Å². The zero-order valence-corrected chi connectivity index (χ0v) is 12.4. The quantitative estimate of drug-likeness (QED) is 0.808. The van der Waals surface area contributed by atoms with E-state index in [0.717, 1.165) is 31.5 Å². The number of para-hydroxylation sites is 2. The van der Waals surface area contributed by atoms with Crippen molar-refractivity contribution in [3.63, 3.8) is 0 Å². The average Bonchev–Trinajstić information content (AvgIpc) is 3.13. The molecule has 1 fully saturated rings. The molecule has 110 valence electrons. The zero-order valence-electron chi connectivity index (χ0n) is 12.4. The summed E-state index contributed by atoms with van der Waals surface area (Å²) in [4.78, 5) is 15.5. The fourth-order valence-electron chi connectivity index (χ4n) is 4.77. The molecule has 3 aliphatic rings. The van der Waals surface area contributed by atoms with Gasteiger partial charge in [-0.2, -0.15) is 0 Å². The highest BCUT2D eigenvalue weighted by molar-refractivity contribution is 6.08. The normalized spacial score (nSPS) is 28.3. The topological polar surface area (TPSA) is 32.3 Å². The van der Waals surface area contributed by atoms with Crippen molar-refractivity contribution in [3.8, 4) is 0 Å². The van der Waals surface area contributed by atoms with Crippen LogP contribution in [0.15, 0.2) is 48.5 Å². The van der Waals surface area contributed by atoms with E-state index in [0.29, 0.717) is 0 Å². The number of fused-ring (bicyclic) bond motifs is 6. The summed E-state index contributed by atoms with van der Waals surface area (Å²) < 4.78 is 0. The van der Waals surface area contributed by atoms with E-state index in [1.165, 1.54) is 16.8 Å². The van der Waals surface area contributed by atoms with Gasteiger partial charge in [0.25, 0.3) is 0 Å². The van der Waals surface area contributed by atoms with Crippen molar-refractivity contribution in [1.29, 1.82) is 0 Å². The highest BCUT2D eigenvalue weighted by Crippen LogP contribution is 2.52. The number of nitrogens with zero attached hydrogens (tertiary/aromatic N) is 1. The molecule has 0 aliphatic carbocycles. The van der Waals surface area contributed by atoms with E-state index in [1.54, 1.807) is 0 Å². The van der Waals surface area contributed by atoms with Gasteiger partial charge < -0.3 is 10.2 Å². The standard InChI is InChI=1S/C19H18N2O/c22-18-19(14-7-2-3-8-15(14)20-18)12-13-6-1-4-9-16(13)21-11-5-10-17(19)21/h1-4,6-9,17H,5,10-12H2,(H,20,22)/t17-,19-/m1/s1. The lowest BCUT2D eigenvalue weighted by Gasteiger charge is -2.45. The van der Waals surface area contributed by atoms with Gasteiger partial charge in [0.05, 0.1) is 0 Å². The molecule has 1 spiro atoms. The molecule has 0 unspecified atom stereocenters. The molecule has 2 atom stereocenters. The number of benzene rings is 2. The van der Waals surface area contributed by atoms with Crippen molar-refractivity contribution in [3.05, 3.63) is 59.7 Å². The van der Waals surface area contributed by atoms with E-state index < -0.39 is 5.41 Å². The van der Waals surface area contributed by atoms with Gasteiger partial charge in [-0.25, -0.2) is 0 Å². The number of anilines is 2. The Morgan fingerprint density at radius 1 is 1.09 bits per heavy atom. The fourth-order valence-corrected chi connectivity index (χ4v) is 4.77. The first-order valence-electron chi connectivity index (χ1n) is 8.06. The van der Waals surface area contributed by atoms with Gasteiger partial charge in [-0.15, -0.1) is 0 Å². The Balaban J connectivity index is 1.77. The number of hydrogen-bond acceptors (Lipinski definition) is 2. The van der Waals surface area contributed by atoms with Crippen LogP contribution in [0, 0.1) is 0 Å². The first kappa shape index (κ1) is 12.3. The van der Waals surface area contributed by atoms with E-state index in [4.69, 9.17) is 0 Å². The Morgan fingerprint density at radius 2 is 1.91 bits per heavy atom. The van der Waals surface area contributed by atoms with Gasteiger partial charge in [-0.3, -0.25) is 4.79 Å². The Morgan fingerprint density at radius 3 is 2.86 bits per heavy atom. The summed E-state index contributed by atoms with van der Waals surface area (Å²) in [5, 5.41) is 3.14. The maximum absolute atomic E-state index is 13.0. The van der Waals surface area contributed by atoms with E-state index in [-0.39, 0.29) is 11.9 Å². The summed E-state index contributed by atoms with van der Waals surface area (Å²) in [5.74, 6) is 0.181. The minimum atomic E-state index is -0.415. The van der Waals surface area contributed by atoms with Crippen molar-refractivity contribution in [2.75, 3.05) is 16.8 Å². The van der Waals surface area contributed by atoms with Crippen LogP contribution in [0.2, 0.25) is 0 Å². The second-order valence-electron chi connectivity index (χ2n) is 6.63. The fraction of sp³-hybridized carbons (Fsp3) is 0.316. The molecule has 3 aliphatic heterocycles. The van der Waals surface area contributed by atoms with Crippen LogP contribution in [0.1, 0.15) is 24.0 Å². The Kier molecular flexibility index (Phi) is 2.30. The first-order valence-corrected chi connectivity index (χ1v) is 8.06. The van der Waals surface area contributed by atoms with Crippen molar-refractivity contribution in [2.24, 2.45) is 0 Å². The minimum Gasteiger partial charge on any atom is -0.367 e. The molecule has 1 amide bonds. The van der Waals surface area contributed by atoms with Gasteiger partial charge in [-0.1, -0.05) is 36.4 Å².